The van der Waals surface area contributed by atoms with Crippen LogP contribution in [0.3, 0.4) is 0 Å². The number of aromatic nitrogens is 1. The van der Waals surface area contributed by atoms with E-state index >= 15 is 0 Å². The van der Waals surface area contributed by atoms with Crippen LogP contribution in [0.4, 0.5) is 5.69 Å². The van der Waals surface area contributed by atoms with Crippen LogP contribution in [-0.4, -0.2) is 23.5 Å². The number of nitrogen functional groups attached to an aromatic ring is 1. The number of nitrogens with two attached hydrogens (primary N) is 1. The summed E-state index contributed by atoms with van der Waals surface area (Å²) in [6.07, 6.45) is 2.86. The molecule has 1 aliphatic rings. The molecule has 0 saturated heterocycles. The molecular weight excluding hydrogens is 222 g/mol. The molecule has 1 aromatic carbocycles. The first kappa shape index (κ1) is 11.2. The Bertz CT molecular complexity index is 563. The van der Waals surface area contributed by atoms with E-state index in [1.54, 1.807) is 0 Å². The normalized spacial score (nSPS) is 15.4. The molecule has 0 spiro atoms. The molecule has 92 valence electrons. The Morgan fingerprint density at radius 1 is 1.17 bits per heavy atom. The van der Waals surface area contributed by atoms with Gasteiger partial charge in [-0.05, 0) is 42.8 Å². The van der Waals surface area contributed by atoms with Crippen molar-refractivity contribution in [1.82, 2.24) is 9.88 Å². The fraction of sp³-hybridized carbons (Fsp3) is 0.267. The van der Waals surface area contributed by atoms with E-state index in [1.807, 2.05) is 24.4 Å². The summed E-state index contributed by atoms with van der Waals surface area (Å²) < 4.78 is 0. The molecule has 1 aliphatic heterocycles. The van der Waals surface area contributed by atoms with Gasteiger partial charge in [0.25, 0.3) is 0 Å². The molecule has 18 heavy (non-hydrogen) atoms. The third-order valence-electron chi connectivity index (χ3n) is 3.58. The topological polar surface area (TPSA) is 42.1 Å². The largest absolute Gasteiger partial charge is 0.398 e. The number of anilines is 1. The summed E-state index contributed by atoms with van der Waals surface area (Å²) >= 11 is 0. The van der Waals surface area contributed by atoms with Crippen molar-refractivity contribution < 1.29 is 0 Å². The van der Waals surface area contributed by atoms with E-state index in [4.69, 9.17) is 5.73 Å². The average Bonchev–Trinajstić information content (AvgIpc) is 2.40. The van der Waals surface area contributed by atoms with Gasteiger partial charge in [0, 0.05) is 30.5 Å². The zero-order valence-electron chi connectivity index (χ0n) is 10.6. The maximum absolute atomic E-state index is 6.09. The van der Waals surface area contributed by atoms with Gasteiger partial charge in [0.05, 0.1) is 5.69 Å². The van der Waals surface area contributed by atoms with Crippen molar-refractivity contribution in [1.29, 1.82) is 0 Å². The van der Waals surface area contributed by atoms with Gasteiger partial charge in [-0.2, -0.15) is 0 Å². The fourth-order valence-electron chi connectivity index (χ4n) is 2.60. The SMILES string of the molecule is CN1CCc2c(N)ccc(-c3ccccn3)c2C1. The fourth-order valence-corrected chi connectivity index (χ4v) is 2.60. The molecule has 0 aliphatic carbocycles. The summed E-state index contributed by atoms with van der Waals surface area (Å²) in [5.74, 6) is 0. The minimum Gasteiger partial charge on any atom is -0.398 e. The van der Waals surface area contributed by atoms with Crippen LogP contribution in [0.1, 0.15) is 11.1 Å². The standard InChI is InChI=1S/C15H17N3/c1-18-9-7-11-13(10-18)12(5-6-14(11)16)15-4-2-3-8-17-15/h2-6,8H,7,9-10,16H2,1H3. The predicted molar refractivity (Wildman–Crippen MR) is 74.1 cm³/mol. The maximum atomic E-state index is 6.09. The Labute approximate surface area is 107 Å². The predicted octanol–water partition coefficient (Wildman–Crippen LogP) is 2.32. The van der Waals surface area contributed by atoms with E-state index in [0.29, 0.717) is 0 Å². The molecule has 2 aromatic rings. The second-order valence-electron chi connectivity index (χ2n) is 4.86. The molecule has 0 fully saturated rings. The monoisotopic (exact) mass is 239 g/mol. The highest BCUT2D eigenvalue weighted by Crippen LogP contribution is 2.32. The number of likely N-dealkylation sites (N-methyl/N-ethyl adjacent to an activating group) is 1. The highest BCUT2D eigenvalue weighted by molar-refractivity contribution is 5.70. The van der Waals surface area contributed by atoms with E-state index < -0.39 is 0 Å². The summed E-state index contributed by atoms with van der Waals surface area (Å²) in [7, 11) is 2.15. The van der Waals surface area contributed by atoms with Crippen molar-refractivity contribution in [3.05, 3.63) is 47.7 Å². The van der Waals surface area contributed by atoms with Gasteiger partial charge in [-0.15, -0.1) is 0 Å². The number of hydrogen-bond acceptors (Lipinski definition) is 3. The summed E-state index contributed by atoms with van der Waals surface area (Å²) in [6.45, 7) is 2.02. The summed E-state index contributed by atoms with van der Waals surface area (Å²) in [5.41, 5.74) is 11.9. The van der Waals surface area contributed by atoms with Gasteiger partial charge < -0.3 is 10.6 Å². The van der Waals surface area contributed by atoms with Crippen molar-refractivity contribution in [3.63, 3.8) is 0 Å². The van der Waals surface area contributed by atoms with Crippen LogP contribution < -0.4 is 5.73 Å². The first-order chi connectivity index (χ1) is 8.75. The lowest BCUT2D eigenvalue weighted by molar-refractivity contribution is 0.314. The third-order valence-corrected chi connectivity index (χ3v) is 3.58. The van der Waals surface area contributed by atoms with E-state index in [-0.39, 0.29) is 0 Å². The number of pyridine rings is 1. The molecule has 1 aromatic heterocycles. The summed E-state index contributed by atoms with van der Waals surface area (Å²) in [4.78, 5) is 6.78. The number of hydrogen-bond donors (Lipinski definition) is 1. The average molecular weight is 239 g/mol. The van der Waals surface area contributed by atoms with Gasteiger partial charge in [-0.1, -0.05) is 12.1 Å². The van der Waals surface area contributed by atoms with Gasteiger partial charge in [-0.25, -0.2) is 0 Å². The molecule has 3 heteroatoms. The van der Waals surface area contributed by atoms with E-state index in [9.17, 15) is 0 Å². The molecule has 0 unspecified atom stereocenters. The lowest BCUT2D eigenvalue weighted by Crippen LogP contribution is -2.27. The molecule has 0 atom stereocenters. The Kier molecular flexibility index (Phi) is 2.76. The molecule has 2 heterocycles. The summed E-state index contributed by atoms with van der Waals surface area (Å²) in [6, 6.07) is 10.1. The second kappa shape index (κ2) is 4.42. The molecular formula is C15H17N3. The highest BCUT2D eigenvalue weighted by Gasteiger charge is 2.19. The van der Waals surface area contributed by atoms with E-state index in [1.165, 1.54) is 16.7 Å². The highest BCUT2D eigenvalue weighted by atomic mass is 15.1. The number of fused-ring (bicyclic) bond motifs is 1. The minimum atomic E-state index is 0.915. The molecule has 3 nitrogen and oxygen atoms in total. The first-order valence-corrected chi connectivity index (χ1v) is 6.26. The van der Waals surface area contributed by atoms with Crippen LogP contribution in [0, 0.1) is 0 Å². The van der Waals surface area contributed by atoms with Crippen molar-refractivity contribution >= 4 is 5.69 Å². The minimum absolute atomic E-state index is 0.915. The van der Waals surface area contributed by atoms with E-state index in [0.717, 1.165) is 30.9 Å². The molecule has 2 N–H and O–H groups in total. The Hall–Kier alpha value is -1.87. The van der Waals surface area contributed by atoms with Crippen LogP contribution in [-0.2, 0) is 13.0 Å². The van der Waals surface area contributed by atoms with Gasteiger partial charge >= 0.3 is 0 Å². The van der Waals surface area contributed by atoms with Crippen LogP contribution in [0.5, 0.6) is 0 Å². The molecule has 0 radical (unpaired) electrons. The first-order valence-electron chi connectivity index (χ1n) is 6.26. The van der Waals surface area contributed by atoms with Crippen molar-refractivity contribution in [2.45, 2.75) is 13.0 Å². The van der Waals surface area contributed by atoms with E-state index in [2.05, 4.69) is 29.1 Å². The van der Waals surface area contributed by atoms with Gasteiger partial charge in [0.1, 0.15) is 0 Å². The van der Waals surface area contributed by atoms with Gasteiger partial charge in [0.2, 0.25) is 0 Å². The van der Waals surface area contributed by atoms with Gasteiger partial charge in [0.15, 0.2) is 0 Å². The zero-order chi connectivity index (χ0) is 12.5. The lowest BCUT2D eigenvalue weighted by atomic mass is 9.92. The summed E-state index contributed by atoms with van der Waals surface area (Å²) in [5, 5.41) is 0. The van der Waals surface area contributed by atoms with Crippen molar-refractivity contribution in [2.24, 2.45) is 0 Å². The van der Waals surface area contributed by atoms with Crippen LogP contribution in [0.15, 0.2) is 36.5 Å². The smallest absolute Gasteiger partial charge is 0.0705 e. The quantitative estimate of drug-likeness (QED) is 0.777. The Morgan fingerprint density at radius 3 is 2.83 bits per heavy atom. The van der Waals surface area contributed by atoms with Crippen molar-refractivity contribution in [3.8, 4) is 11.3 Å². The number of benzene rings is 1. The molecule has 0 amide bonds. The molecule has 0 saturated carbocycles. The lowest BCUT2D eigenvalue weighted by Gasteiger charge is -2.28. The third kappa shape index (κ3) is 1.87. The zero-order valence-corrected chi connectivity index (χ0v) is 10.6. The van der Waals surface area contributed by atoms with Gasteiger partial charge in [-0.3, -0.25) is 4.98 Å². The molecule has 0 bridgehead atoms. The Balaban J connectivity index is 2.17. The van der Waals surface area contributed by atoms with Crippen LogP contribution >= 0.6 is 0 Å². The van der Waals surface area contributed by atoms with Crippen molar-refractivity contribution in [2.75, 3.05) is 19.3 Å². The maximum Gasteiger partial charge on any atom is 0.0705 e. The number of nitrogens with zero attached hydrogens (tertiary/aromatic N) is 2. The van der Waals surface area contributed by atoms with Crippen LogP contribution in [0.2, 0.25) is 0 Å². The Morgan fingerprint density at radius 2 is 2.06 bits per heavy atom. The second-order valence-corrected chi connectivity index (χ2v) is 4.86. The van der Waals surface area contributed by atoms with Crippen LogP contribution in [0.25, 0.3) is 11.3 Å². The molecule has 3 rings (SSSR count). The number of rotatable bonds is 1.